The fourth-order valence-corrected chi connectivity index (χ4v) is 3.36. The van der Waals surface area contributed by atoms with Gasteiger partial charge in [0.15, 0.2) is 0 Å². The highest BCUT2D eigenvalue weighted by Gasteiger charge is 2.41. The standard InChI is InChI=1S/C14H20N4OS/c1-9-7-10-11(17-13(15)18-12(10)20-9)16-8-14(3-4-14)5-6-19-2/h7H,3-6,8H2,1-2H3,(H3,15,16,17,18). The third kappa shape index (κ3) is 2.71. The fraction of sp³-hybridized carbons (Fsp3) is 0.571. The predicted molar refractivity (Wildman–Crippen MR) is 83.2 cm³/mol. The van der Waals surface area contributed by atoms with E-state index in [4.69, 9.17) is 10.5 Å². The van der Waals surface area contributed by atoms with Gasteiger partial charge in [0.05, 0.1) is 5.39 Å². The number of rotatable bonds is 6. The SMILES string of the molecule is COCCC1(CNc2nc(N)nc3sc(C)cc23)CC1. The van der Waals surface area contributed by atoms with Crippen LogP contribution in [0.1, 0.15) is 24.1 Å². The Hall–Kier alpha value is -1.40. The second-order valence-electron chi connectivity index (χ2n) is 5.60. The number of aryl methyl sites for hydroxylation is 1. The van der Waals surface area contributed by atoms with Crippen molar-refractivity contribution in [1.29, 1.82) is 0 Å². The molecule has 1 fully saturated rings. The average molecular weight is 292 g/mol. The number of hydrogen-bond acceptors (Lipinski definition) is 6. The minimum Gasteiger partial charge on any atom is -0.385 e. The third-order valence-electron chi connectivity index (χ3n) is 3.96. The smallest absolute Gasteiger partial charge is 0.223 e. The lowest BCUT2D eigenvalue weighted by molar-refractivity contribution is 0.175. The molecule has 1 aliphatic rings. The number of thiophene rings is 1. The van der Waals surface area contributed by atoms with Crippen molar-refractivity contribution in [2.24, 2.45) is 5.41 Å². The molecule has 3 N–H and O–H groups in total. The fourth-order valence-electron chi connectivity index (χ4n) is 2.47. The summed E-state index contributed by atoms with van der Waals surface area (Å²) in [6.07, 6.45) is 3.62. The number of ether oxygens (including phenoxy) is 1. The molecule has 2 aromatic rings. The number of methoxy groups -OCH3 is 1. The van der Waals surface area contributed by atoms with E-state index in [-0.39, 0.29) is 0 Å². The molecule has 0 unspecified atom stereocenters. The molecule has 2 aromatic heterocycles. The number of nitrogens with two attached hydrogens (primary N) is 1. The molecule has 5 nitrogen and oxygen atoms in total. The maximum Gasteiger partial charge on any atom is 0.223 e. The predicted octanol–water partition coefficient (Wildman–Crippen LogP) is 2.81. The molecule has 3 rings (SSSR count). The summed E-state index contributed by atoms with van der Waals surface area (Å²) in [4.78, 5) is 10.8. The maximum absolute atomic E-state index is 5.79. The second kappa shape index (κ2) is 5.18. The normalized spacial score (nSPS) is 16.5. The highest BCUT2D eigenvalue weighted by Crippen LogP contribution is 2.48. The van der Waals surface area contributed by atoms with Gasteiger partial charge in [-0.05, 0) is 37.7 Å². The van der Waals surface area contributed by atoms with Gasteiger partial charge in [0.25, 0.3) is 0 Å². The quantitative estimate of drug-likeness (QED) is 0.856. The minimum absolute atomic E-state index is 0.337. The number of nitrogens with zero attached hydrogens (tertiary/aromatic N) is 2. The number of anilines is 2. The van der Waals surface area contributed by atoms with Gasteiger partial charge in [0.1, 0.15) is 10.6 Å². The van der Waals surface area contributed by atoms with Crippen LogP contribution >= 0.6 is 11.3 Å². The lowest BCUT2D eigenvalue weighted by Gasteiger charge is -2.16. The molecule has 0 bridgehead atoms. The lowest BCUT2D eigenvalue weighted by Crippen LogP contribution is -2.18. The Labute approximate surface area is 122 Å². The maximum atomic E-state index is 5.79. The van der Waals surface area contributed by atoms with Crippen LogP contribution in [0.5, 0.6) is 0 Å². The van der Waals surface area contributed by atoms with E-state index in [1.165, 1.54) is 17.7 Å². The molecule has 0 spiro atoms. The number of fused-ring (bicyclic) bond motifs is 1. The Kier molecular flexibility index (Phi) is 3.52. The first-order chi connectivity index (χ1) is 9.62. The van der Waals surface area contributed by atoms with Crippen molar-refractivity contribution in [3.63, 3.8) is 0 Å². The molecule has 1 saturated carbocycles. The van der Waals surface area contributed by atoms with E-state index in [2.05, 4.69) is 28.3 Å². The summed E-state index contributed by atoms with van der Waals surface area (Å²) in [6.45, 7) is 3.82. The first-order valence-electron chi connectivity index (χ1n) is 6.88. The summed E-state index contributed by atoms with van der Waals surface area (Å²) in [6, 6.07) is 2.12. The second-order valence-corrected chi connectivity index (χ2v) is 6.84. The average Bonchev–Trinajstić information content (AvgIpc) is 3.08. The Morgan fingerprint density at radius 3 is 2.95 bits per heavy atom. The van der Waals surface area contributed by atoms with Crippen LogP contribution in [0, 0.1) is 12.3 Å². The molecule has 20 heavy (non-hydrogen) atoms. The summed E-state index contributed by atoms with van der Waals surface area (Å²) in [5.41, 5.74) is 6.18. The van der Waals surface area contributed by atoms with Crippen LogP contribution in [0.15, 0.2) is 6.07 Å². The van der Waals surface area contributed by atoms with Gasteiger partial charge in [-0.15, -0.1) is 11.3 Å². The molecule has 6 heteroatoms. The molecule has 0 radical (unpaired) electrons. The largest absolute Gasteiger partial charge is 0.385 e. The van der Waals surface area contributed by atoms with E-state index in [9.17, 15) is 0 Å². The van der Waals surface area contributed by atoms with E-state index in [1.54, 1.807) is 18.4 Å². The Balaban J connectivity index is 1.77. The summed E-state index contributed by atoms with van der Waals surface area (Å²) in [7, 11) is 1.76. The zero-order chi connectivity index (χ0) is 14.2. The van der Waals surface area contributed by atoms with Crippen LogP contribution in [-0.2, 0) is 4.74 Å². The summed E-state index contributed by atoms with van der Waals surface area (Å²) >= 11 is 1.65. The molecule has 2 heterocycles. The van der Waals surface area contributed by atoms with Gasteiger partial charge < -0.3 is 15.8 Å². The zero-order valence-corrected chi connectivity index (χ0v) is 12.7. The van der Waals surface area contributed by atoms with Crippen molar-refractivity contribution >= 4 is 33.3 Å². The van der Waals surface area contributed by atoms with Crippen molar-refractivity contribution in [3.8, 4) is 0 Å². The van der Waals surface area contributed by atoms with Crippen molar-refractivity contribution in [3.05, 3.63) is 10.9 Å². The zero-order valence-electron chi connectivity index (χ0n) is 11.9. The molecular weight excluding hydrogens is 272 g/mol. The Morgan fingerprint density at radius 1 is 1.45 bits per heavy atom. The lowest BCUT2D eigenvalue weighted by atomic mass is 10.0. The molecule has 1 aliphatic carbocycles. The molecule has 0 aromatic carbocycles. The molecular formula is C14H20N4OS. The van der Waals surface area contributed by atoms with E-state index < -0.39 is 0 Å². The van der Waals surface area contributed by atoms with E-state index in [0.717, 1.165) is 35.6 Å². The van der Waals surface area contributed by atoms with Gasteiger partial charge in [-0.3, -0.25) is 0 Å². The van der Waals surface area contributed by atoms with E-state index in [1.807, 2.05) is 0 Å². The van der Waals surface area contributed by atoms with Crippen molar-refractivity contribution in [1.82, 2.24) is 9.97 Å². The number of hydrogen-bond donors (Lipinski definition) is 2. The minimum atomic E-state index is 0.337. The van der Waals surface area contributed by atoms with Gasteiger partial charge >= 0.3 is 0 Å². The Bertz CT molecular complexity index is 621. The van der Waals surface area contributed by atoms with Crippen molar-refractivity contribution in [2.75, 3.05) is 31.3 Å². The van der Waals surface area contributed by atoms with Crippen LogP contribution in [-0.4, -0.2) is 30.2 Å². The highest BCUT2D eigenvalue weighted by molar-refractivity contribution is 7.18. The topological polar surface area (TPSA) is 73.1 Å². The van der Waals surface area contributed by atoms with Gasteiger partial charge in [0.2, 0.25) is 5.95 Å². The first-order valence-corrected chi connectivity index (χ1v) is 7.70. The summed E-state index contributed by atoms with van der Waals surface area (Å²) in [5.74, 6) is 1.20. The van der Waals surface area contributed by atoms with Gasteiger partial charge in [-0.25, -0.2) is 4.98 Å². The number of nitrogen functional groups attached to an aromatic ring is 1. The Morgan fingerprint density at radius 2 is 2.25 bits per heavy atom. The van der Waals surface area contributed by atoms with E-state index >= 15 is 0 Å². The van der Waals surface area contributed by atoms with E-state index in [0.29, 0.717) is 11.4 Å². The summed E-state index contributed by atoms with van der Waals surface area (Å²) in [5, 5.41) is 4.55. The van der Waals surface area contributed by atoms with Gasteiger partial charge in [-0.1, -0.05) is 0 Å². The first kappa shape index (κ1) is 13.6. The number of aromatic nitrogens is 2. The third-order valence-corrected chi connectivity index (χ3v) is 4.90. The monoisotopic (exact) mass is 292 g/mol. The van der Waals surface area contributed by atoms with Crippen LogP contribution in [0.25, 0.3) is 10.2 Å². The van der Waals surface area contributed by atoms with Crippen LogP contribution in [0.2, 0.25) is 0 Å². The number of nitrogens with one attached hydrogen (secondary N) is 1. The van der Waals surface area contributed by atoms with Crippen molar-refractivity contribution in [2.45, 2.75) is 26.2 Å². The summed E-state index contributed by atoms with van der Waals surface area (Å²) < 4.78 is 5.19. The van der Waals surface area contributed by atoms with Crippen LogP contribution < -0.4 is 11.1 Å². The molecule has 0 saturated heterocycles. The van der Waals surface area contributed by atoms with Crippen LogP contribution in [0.4, 0.5) is 11.8 Å². The van der Waals surface area contributed by atoms with Gasteiger partial charge in [0, 0.05) is 25.1 Å². The van der Waals surface area contributed by atoms with Crippen LogP contribution in [0.3, 0.4) is 0 Å². The molecule has 0 aliphatic heterocycles. The highest BCUT2D eigenvalue weighted by atomic mass is 32.1. The van der Waals surface area contributed by atoms with Gasteiger partial charge in [-0.2, -0.15) is 4.98 Å². The molecule has 0 atom stereocenters. The molecule has 108 valence electrons. The molecule has 0 amide bonds. The van der Waals surface area contributed by atoms with Crippen molar-refractivity contribution < 1.29 is 4.74 Å².